The molecule has 0 spiro atoms. The van der Waals surface area contributed by atoms with E-state index in [2.05, 4.69) is 0 Å². The maximum absolute atomic E-state index is 12.3. The summed E-state index contributed by atoms with van der Waals surface area (Å²) in [5.74, 6) is -13.4. The lowest BCUT2D eigenvalue weighted by molar-refractivity contribution is 0.0631. The Morgan fingerprint density at radius 1 is 0.500 bits per heavy atom. The van der Waals surface area contributed by atoms with Crippen molar-refractivity contribution in [2.75, 3.05) is 0 Å². The number of hydrogen-bond donors (Lipinski definition) is 6. The Balaban J connectivity index is 2.58. The fourth-order valence-corrected chi connectivity index (χ4v) is 3.39. The van der Waals surface area contributed by atoms with Crippen molar-refractivity contribution < 1.29 is 73.0 Å². The summed E-state index contributed by atoms with van der Waals surface area (Å²) in [7, 11) is -3.59. The Morgan fingerprint density at radius 3 is 1.03 bits per heavy atom. The standard InChI is InChI=1S/C18H9O15P/c19-13(20)5-1-3-7(11(17(27)28)9(5)15(23)24)32-34(31)33-8-4-2-6(14(21)22)10(16(25)26)12(8)18(29)30/h1-4H,(H5-,19,20,21,22,23,24,25,26,27,28,29,30)/p+1. The maximum atomic E-state index is 12.3. The zero-order valence-electron chi connectivity index (χ0n) is 16.1. The van der Waals surface area contributed by atoms with Gasteiger partial charge in [0.05, 0.1) is 22.3 Å². The molecule has 0 aliphatic carbocycles. The highest BCUT2D eigenvalue weighted by atomic mass is 31.1. The molecule has 6 N–H and O–H groups in total. The van der Waals surface area contributed by atoms with E-state index in [9.17, 15) is 53.8 Å². The molecule has 2 aromatic carbocycles. The lowest BCUT2D eigenvalue weighted by Gasteiger charge is -2.09. The molecule has 0 unspecified atom stereocenters. The molecule has 0 saturated heterocycles. The highest BCUT2D eigenvalue weighted by Gasteiger charge is 2.36. The number of carboxylic acids is 6. The first-order valence-electron chi connectivity index (χ1n) is 8.34. The molecular formula is C18H10O15P+. The predicted molar refractivity (Wildman–Crippen MR) is 104 cm³/mol. The minimum Gasteiger partial charge on any atom is -0.478 e. The Bertz CT molecular complexity index is 1200. The summed E-state index contributed by atoms with van der Waals surface area (Å²) in [4.78, 5) is 68.4. The first-order valence-corrected chi connectivity index (χ1v) is 9.44. The highest BCUT2D eigenvalue weighted by molar-refractivity contribution is 7.34. The third-order valence-corrected chi connectivity index (χ3v) is 4.69. The molecule has 16 heteroatoms. The largest absolute Gasteiger partial charge is 0.805 e. The van der Waals surface area contributed by atoms with Gasteiger partial charge < -0.3 is 30.6 Å². The topological polar surface area (TPSA) is 259 Å². The monoisotopic (exact) mass is 497 g/mol. The van der Waals surface area contributed by atoms with Crippen molar-refractivity contribution in [2.45, 2.75) is 0 Å². The third kappa shape index (κ3) is 4.89. The van der Waals surface area contributed by atoms with E-state index in [0.717, 1.165) is 0 Å². The first-order chi connectivity index (χ1) is 15.8. The van der Waals surface area contributed by atoms with Crippen molar-refractivity contribution in [3.8, 4) is 11.5 Å². The van der Waals surface area contributed by atoms with Crippen molar-refractivity contribution in [3.63, 3.8) is 0 Å². The second-order valence-electron chi connectivity index (χ2n) is 5.96. The van der Waals surface area contributed by atoms with Crippen LogP contribution in [0, 0.1) is 0 Å². The summed E-state index contributed by atoms with van der Waals surface area (Å²) in [5.41, 5.74) is -6.73. The van der Waals surface area contributed by atoms with E-state index in [1.807, 2.05) is 0 Å². The average molecular weight is 497 g/mol. The van der Waals surface area contributed by atoms with Crippen LogP contribution in [0.25, 0.3) is 0 Å². The Morgan fingerprint density at radius 2 is 0.794 bits per heavy atom. The Kier molecular flexibility index (Phi) is 7.14. The molecule has 0 saturated carbocycles. The number of benzene rings is 2. The first kappa shape index (κ1) is 25.2. The second-order valence-corrected chi connectivity index (χ2v) is 6.77. The van der Waals surface area contributed by atoms with Crippen LogP contribution in [0.2, 0.25) is 0 Å². The number of carbonyl (C=O) groups is 6. The van der Waals surface area contributed by atoms with E-state index in [0.29, 0.717) is 24.3 Å². The molecule has 0 aromatic heterocycles. The van der Waals surface area contributed by atoms with Gasteiger partial charge in [0.1, 0.15) is 11.1 Å². The van der Waals surface area contributed by atoms with Gasteiger partial charge in [-0.25, -0.2) is 37.8 Å². The molecule has 0 fully saturated rings. The minimum atomic E-state index is -3.59. The maximum Gasteiger partial charge on any atom is 0.805 e. The van der Waals surface area contributed by atoms with Crippen LogP contribution in [0.4, 0.5) is 0 Å². The molecule has 0 amide bonds. The Labute approximate surface area is 187 Å². The summed E-state index contributed by atoms with van der Waals surface area (Å²) in [6.07, 6.45) is 0. The van der Waals surface area contributed by atoms with Crippen LogP contribution in [0.15, 0.2) is 24.3 Å². The molecule has 0 heterocycles. The van der Waals surface area contributed by atoms with Crippen molar-refractivity contribution in [3.05, 3.63) is 57.6 Å². The lowest BCUT2D eigenvalue weighted by atomic mass is 10.00. The van der Waals surface area contributed by atoms with Gasteiger partial charge in [-0.15, -0.1) is 0 Å². The van der Waals surface area contributed by atoms with Crippen LogP contribution in [0.3, 0.4) is 0 Å². The molecule has 34 heavy (non-hydrogen) atoms. The molecule has 176 valence electrons. The molecule has 0 aliphatic rings. The third-order valence-electron chi connectivity index (χ3n) is 4.00. The van der Waals surface area contributed by atoms with Crippen molar-refractivity contribution in [1.82, 2.24) is 0 Å². The molecule has 2 aromatic rings. The number of aromatic carboxylic acids is 6. The van der Waals surface area contributed by atoms with Crippen LogP contribution in [-0.4, -0.2) is 66.5 Å². The number of rotatable bonds is 10. The van der Waals surface area contributed by atoms with E-state index < -0.39 is 89.0 Å². The van der Waals surface area contributed by atoms with Gasteiger partial charge in [-0.2, -0.15) is 0 Å². The van der Waals surface area contributed by atoms with Gasteiger partial charge in [0.15, 0.2) is 0 Å². The van der Waals surface area contributed by atoms with Crippen LogP contribution in [-0.2, 0) is 4.57 Å². The van der Waals surface area contributed by atoms with Gasteiger partial charge in [0.2, 0.25) is 11.5 Å². The van der Waals surface area contributed by atoms with E-state index in [1.165, 1.54) is 0 Å². The molecule has 0 atom stereocenters. The fraction of sp³-hybridized carbons (Fsp3) is 0. The Hall–Kier alpha value is -5.04. The van der Waals surface area contributed by atoms with Gasteiger partial charge in [-0.3, -0.25) is 0 Å². The van der Waals surface area contributed by atoms with Crippen molar-refractivity contribution in [2.24, 2.45) is 0 Å². The van der Waals surface area contributed by atoms with Crippen LogP contribution in [0.1, 0.15) is 62.1 Å². The molecule has 0 aliphatic heterocycles. The number of hydrogen-bond acceptors (Lipinski definition) is 9. The molecule has 0 radical (unpaired) electrons. The summed E-state index contributed by atoms with van der Waals surface area (Å²) in [6.45, 7) is 0. The van der Waals surface area contributed by atoms with Crippen molar-refractivity contribution in [1.29, 1.82) is 0 Å². The molecule has 15 nitrogen and oxygen atoms in total. The molecule has 0 bridgehead atoms. The van der Waals surface area contributed by atoms with Gasteiger partial charge in [-0.1, -0.05) is 0 Å². The van der Waals surface area contributed by atoms with Crippen LogP contribution >= 0.6 is 8.25 Å². The van der Waals surface area contributed by atoms with E-state index in [1.54, 1.807) is 0 Å². The molecule has 2 rings (SSSR count). The highest BCUT2D eigenvalue weighted by Crippen LogP contribution is 2.37. The van der Waals surface area contributed by atoms with Gasteiger partial charge in [0, 0.05) is 4.57 Å². The number of carboxylic acid groups (broad SMARTS) is 6. The predicted octanol–water partition coefficient (Wildman–Crippen LogP) is 1.99. The normalized spacial score (nSPS) is 10.1. The zero-order chi connectivity index (χ0) is 25.9. The van der Waals surface area contributed by atoms with Gasteiger partial charge in [0.25, 0.3) is 0 Å². The van der Waals surface area contributed by atoms with Gasteiger partial charge in [-0.05, 0) is 24.3 Å². The minimum absolute atomic E-state index is 0.642. The molecular weight excluding hydrogens is 487 g/mol. The van der Waals surface area contributed by atoms with E-state index in [-0.39, 0.29) is 0 Å². The average Bonchev–Trinajstić information content (AvgIpc) is 2.71. The smallest absolute Gasteiger partial charge is 0.478 e. The summed E-state index contributed by atoms with van der Waals surface area (Å²) in [6, 6.07) is 2.60. The van der Waals surface area contributed by atoms with Crippen LogP contribution in [0.5, 0.6) is 11.5 Å². The summed E-state index contributed by atoms with van der Waals surface area (Å²) in [5, 5.41) is 55.3. The van der Waals surface area contributed by atoms with Gasteiger partial charge >= 0.3 is 44.1 Å². The van der Waals surface area contributed by atoms with Crippen molar-refractivity contribution >= 4 is 44.1 Å². The SMILES string of the molecule is O=C(O)c1ccc(O[P+](=O)Oc2ccc(C(=O)O)c(C(=O)O)c2C(=O)O)c(C(=O)O)c1C(=O)O. The van der Waals surface area contributed by atoms with Crippen LogP contribution < -0.4 is 9.05 Å². The zero-order valence-corrected chi connectivity index (χ0v) is 17.0. The summed E-state index contributed by atoms with van der Waals surface area (Å²) >= 11 is 0. The van der Waals surface area contributed by atoms with E-state index >= 15 is 0 Å². The fourth-order valence-electron chi connectivity index (χ4n) is 2.72. The quantitative estimate of drug-likeness (QED) is 0.256. The second kappa shape index (κ2) is 9.62. The lowest BCUT2D eigenvalue weighted by Crippen LogP contribution is -2.16. The van der Waals surface area contributed by atoms with E-state index in [4.69, 9.17) is 19.3 Å². The summed E-state index contributed by atoms with van der Waals surface area (Å²) < 4.78 is 21.8.